The summed E-state index contributed by atoms with van der Waals surface area (Å²) in [6.07, 6.45) is 4.99. The highest BCUT2D eigenvalue weighted by Crippen LogP contribution is 2.35. The van der Waals surface area contributed by atoms with E-state index in [-0.39, 0.29) is 25.0 Å². The van der Waals surface area contributed by atoms with Gasteiger partial charge in [0.2, 0.25) is 15.7 Å². The molecule has 3 fully saturated rings. The molecule has 0 aromatic carbocycles. The number of nitrogens with zero attached hydrogens (tertiary/aromatic N) is 4. The molecule has 2 amide bonds. The normalized spacial score (nSPS) is 24.4. The number of carbonyl (C=O) groups excluding carboxylic acids is 1. The van der Waals surface area contributed by atoms with Crippen LogP contribution in [-0.4, -0.2) is 89.3 Å². The number of hydrogen-bond acceptors (Lipinski definition) is 6. The van der Waals surface area contributed by atoms with Gasteiger partial charge in [0, 0.05) is 37.8 Å². The van der Waals surface area contributed by atoms with E-state index in [1.54, 1.807) is 15.5 Å². The summed E-state index contributed by atoms with van der Waals surface area (Å²) in [5.74, 6) is 0.281. The topological polar surface area (TPSA) is 96.2 Å². The molecular formula is C24H34N4O5S. The number of likely N-dealkylation sites (tertiary alicyclic amines) is 1. The van der Waals surface area contributed by atoms with E-state index in [2.05, 4.69) is 11.1 Å². The van der Waals surface area contributed by atoms with Gasteiger partial charge in [0.25, 0.3) is 0 Å². The first-order valence-electron chi connectivity index (χ1n) is 12.0. The standard InChI is InChI=1S/C24H34N4O5S/c1-23(2)15-32-16-24(3,4)28(23)22(29)26-13-20(14-26)34(30,31)27-8-5-17(6-9-27)19-11-18-7-10-33-21(18)25-12-19/h7,10-12,17,20H,5-6,8-9,13-16H2,1-4H3. The number of morpholine rings is 1. The van der Waals surface area contributed by atoms with Gasteiger partial charge in [0.15, 0.2) is 0 Å². The predicted molar refractivity (Wildman–Crippen MR) is 128 cm³/mol. The van der Waals surface area contributed by atoms with E-state index in [1.807, 2.05) is 44.9 Å². The van der Waals surface area contributed by atoms with Gasteiger partial charge in [-0.1, -0.05) is 0 Å². The Kier molecular flexibility index (Phi) is 5.69. The van der Waals surface area contributed by atoms with E-state index in [9.17, 15) is 13.2 Å². The quantitative estimate of drug-likeness (QED) is 0.656. The lowest BCUT2D eigenvalue weighted by Crippen LogP contribution is -2.71. The molecule has 2 aromatic heterocycles. The highest BCUT2D eigenvalue weighted by atomic mass is 32.2. The number of pyridine rings is 1. The lowest BCUT2D eigenvalue weighted by atomic mass is 9.91. The van der Waals surface area contributed by atoms with Crippen molar-refractivity contribution in [2.24, 2.45) is 0 Å². The fourth-order valence-electron chi connectivity index (χ4n) is 5.69. The third-order valence-corrected chi connectivity index (χ3v) is 9.69. The van der Waals surface area contributed by atoms with Gasteiger partial charge < -0.3 is 19.0 Å². The molecule has 5 heterocycles. The minimum atomic E-state index is -3.45. The zero-order chi connectivity index (χ0) is 24.3. The second-order valence-corrected chi connectivity index (χ2v) is 13.3. The highest BCUT2D eigenvalue weighted by Gasteiger charge is 2.51. The van der Waals surface area contributed by atoms with E-state index in [0.717, 1.165) is 23.8 Å². The third kappa shape index (κ3) is 3.99. The van der Waals surface area contributed by atoms with Gasteiger partial charge in [-0.25, -0.2) is 22.5 Å². The lowest BCUT2D eigenvalue weighted by Gasteiger charge is -2.55. The maximum atomic E-state index is 13.3. The Bertz CT molecular complexity index is 1160. The van der Waals surface area contributed by atoms with Crippen molar-refractivity contribution in [3.63, 3.8) is 0 Å². The van der Waals surface area contributed by atoms with Gasteiger partial charge in [0.1, 0.15) is 5.25 Å². The molecule has 0 radical (unpaired) electrons. The van der Waals surface area contributed by atoms with E-state index < -0.39 is 26.4 Å². The zero-order valence-electron chi connectivity index (χ0n) is 20.4. The van der Waals surface area contributed by atoms with Gasteiger partial charge in [-0.2, -0.15) is 0 Å². The van der Waals surface area contributed by atoms with Crippen molar-refractivity contribution in [1.29, 1.82) is 0 Å². The van der Waals surface area contributed by atoms with E-state index >= 15 is 0 Å². The summed E-state index contributed by atoms with van der Waals surface area (Å²) in [4.78, 5) is 21.2. The van der Waals surface area contributed by atoms with Crippen molar-refractivity contribution >= 4 is 27.2 Å². The lowest BCUT2D eigenvalue weighted by molar-refractivity contribution is -0.107. The summed E-state index contributed by atoms with van der Waals surface area (Å²) in [5.41, 5.74) is 0.858. The molecule has 0 atom stereocenters. The van der Waals surface area contributed by atoms with Crippen LogP contribution in [-0.2, 0) is 14.8 Å². The van der Waals surface area contributed by atoms with Crippen LogP contribution in [0.2, 0.25) is 0 Å². The molecule has 9 nitrogen and oxygen atoms in total. The van der Waals surface area contributed by atoms with E-state index in [1.165, 1.54) is 0 Å². The third-order valence-electron chi connectivity index (χ3n) is 7.46. The number of hydrogen-bond donors (Lipinski definition) is 0. The van der Waals surface area contributed by atoms with Gasteiger partial charge >= 0.3 is 6.03 Å². The molecule has 0 saturated carbocycles. The summed E-state index contributed by atoms with van der Waals surface area (Å²) in [6, 6.07) is 3.88. The average Bonchev–Trinajstić information content (AvgIpc) is 3.19. The SMILES string of the molecule is CC1(C)COCC(C)(C)N1C(=O)N1CC(S(=O)(=O)N2CCC(c3cnc4occc4c3)CC2)C1. The predicted octanol–water partition coefficient (Wildman–Crippen LogP) is 3.03. The smallest absolute Gasteiger partial charge is 0.321 e. The second kappa shape index (κ2) is 8.20. The number of urea groups is 1. The van der Waals surface area contributed by atoms with Gasteiger partial charge in [0.05, 0.1) is 30.6 Å². The number of rotatable bonds is 3. The molecule has 186 valence electrons. The molecule has 5 rings (SSSR count). The summed E-state index contributed by atoms with van der Waals surface area (Å²) >= 11 is 0. The largest absolute Gasteiger partial charge is 0.446 e. The van der Waals surface area contributed by atoms with Crippen LogP contribution in [0.3, 0.4) is 0 Å². The van der Waals surface area contributed by atoms with Crippen molar-refractivity contribution in [3.8, 4) is 0 Å². The Morgan fingerprint density at radius 3 is 2.38 bits per heavy atom. The van der Waals surface area contributed by atoms with Gasteiger partial charge in [-0.3, -0.25) is 0 Å². The average molecular weight is 491 g/mol. The maximum absolute atomic E-state index is 13.3. The molecule has 0 bridgehead atoms. The molecule has 10 heteroatoms. The molecule has 3 aliphatic rings. The highest BCUT2D eigenvalue weighted by molar-refractivity contribution is 7.89. The minimum absolute atomic E-state index is 0.106. The number of fused-ring (bicyclic) bond motifs is 1. The van der Waals surface area contributed by atoms with Gasteiger partial charge in [-0.05, 0) is 64.2 Å². The molecule has 0 aliphatic carbocycles. The summed E-state index contributed by atoms with van der Waals surface area (Å²) < 4.78 is 39.2. The van der Waals surface area contributed by atoms with Crippen molar-refractivity contribution in [1.82, 2.24) is 19.1 Å². The molecule has 3 saturated heterocycles. The molecular weight excluding hydrogens is 456 g/mol. The van der Waals surface area contributed by atoms with Crippen molar-refractivity contribution in [2.75, 3.05) is 39.4 Å². The van der Waals surface area contributed by atoms with E-state index in [4.69, 9.17) is 9.15 Å². The Morgan fingerprint density at radius 1 is 1.09 bits per heavy atom. The molecule has 0 N–H and O–H groups in total. The maximum Gasteiger partial charge on any atom is 0.321 e. The number of furan rings is 1. The summed E-state index contributed by atoms with van der Waals surface area (Å²) in [7, 11) is -3.45. The first kappa shape index (κ1) is 23.6. The van der Waals surface area contributed by atoms with Crippen LogP contribution < -0.4 is 0 Å². The van der Waals surface area contributed by atoms with Gasteiger partial charge in [-0.15, -0.1) is 0 Å². The summed E-state index contributed by atoms with van der Waals surface area (Å²) in [5, 5.41) is 0.433. The van der Waals surface area contributed by atoms with E-state index in [0.29, 0.717) is 32.0 Å². The molecule has 34 heavy (non-hydrogen) atoms. The Morgan fingerprint density at radius 2 is 1.74 bits per heavy atom. The molecule has 0 spiro atoms. The Labute approximate surface area is 201 Å². The van der Waals surface area contributed by atoms with Crippen LogP contribution in [0.4, 0.5) is 4.79 Å². The van der Waals surface area contributed by atoms with Crippen LogP contribution in [0, 0.1) is 0 Å². The van der Waals surface area contributed by atoms with Crippen molar-refractivity contribution in [3.05, 3.63) is 30.2 Å². The molecule has 3 aliphatic heterocycles. The first-order valence-corrected chi connectivity index (χ1v) is 13.5. The zero-order valence-corrected chi connectivity index (χ0v) is 21.2. The number of amides is 2. The van der Waals surface area contributed by atoms with Crippen molar-refractivity contribution in [2.45, 2.75) is 62.8 Å². The number of carbonyl (C=O) groups is 1. The van der Waals surface area contributed by atoms with Crippen LogP contribution in [0.25, 0.3) is 11.1 Å². The number of aromatic nitrogens is 1. The van der Waals surface area contributed by atoms with Crippen molar-refractivity contribution < 1.29 is 22.4 Å². The number of ether oxygens (including phenoxy) is 1. The Hall–Kier alpha value is -2.17. The summed E-state index contributed by atoms with van der Waals surface area (Å²) in [6.45, 7) is 10.4. The molecule has 0 unspecified atom stereocenters. The fraction of sp³-hybridized carbons (Fsp3) is 0.667. The second-order valence-electron chi connectivity index (χ2n) is 11.1. The first-order chi connectivity index (χ1) is 16.0. The van der Waals surface area contributed by atoms with Crippen LogP contribution >= 0.6 is 0 Å². The monoisotopic (exact) mass is 490 g/mol. The fourth-order valence-corrected chi connectivity index (χ4v) is 7.57. The van der Waals surface area contributed by atoms with Crippen LogP contribution in [0.1, 0.15) is 52.0 Å². The Balaban J connectivity index is 1.19. The van der Waals surface area contributed by atoms with Crippen LogP contribution in [0.15, 0.2) is 29.0 Å². The number of piperidine rings is 1. The molecule has 2 aromatic rings. The van der Waals surface area contributed by atoms with Crippen LogP contribution in [0.5, 0.6) is 0 Å². The minimum Gasteiger partial charge on any atom is -0.446 e. The number of sulfonamides is 1.